The third kappa shape index (κ3) is 1.71. The summed E-state index contributed by atoms with van der Waals surface area (Å²) in [6.45, 7) is 0. The average Bonchev–Trinajstić information content (AvgIpc) is 2.28. The maximum Gasteiger partial charge on any atom is 0.327 e. The van der Waals surface area contributed by atoms with Crippen LogP contribution >= 0.6 is 0 Å². The summed E-state index contributed by atoms with van der Waals surface area (Å²) >= 11 is 0. The number of rotatable bonds is 2. The fraction of sp³-hybridized carbons (Fsp3) is 0. The minimum atomic E-state index is -4.29. The lowest BCUT2D eigenvalue weighted by molar-refractivity contribution is 0.00300. The smallest absolute Gasteiger partial charge is 0.191 e. The van der Waals surface area contributed by atoms with Gasteiger partial charge in [-0.15, -0.1) is 0 Å². The Morgan fingerprint density at radius 2 is 1.67 bits per heavy atom. The second kappa shape index (κ2) is 3.60. The van der Waals surface area contributed by atoms with Crippen LogP contribution in [0.25, 0.3) is 10.8 Å². The highest BCUT2D eigenvalue weighted by atomic mass is 32.2. The highest BCUT2D eigenvalue weighted by Gasteiger charge is 2.18. The van der Waals surface area contributed by atoms with Gasteiger partial charge < -0.3 is 0 Å². The molecular formula is C10H7FO3S. The summed E-state index contributed by atoms with van der Waals surface area (Å²) in [6, 6.07) is 11.4. The zero-order chi connectivity index (χ0) is 10.9. The van der Waals surface area contributed by atoms with Gasteiger partial charge in [0.15, 0.2) is 0 Å². The maximum atomic E-state index is 11.9. The standard InChI is InChI=1S/C10H7FO3S/c11-14-15(12,13)10-7-3-5-8-4-1-2-6-9(8)10/h1-7H. The molecule has 0 atom stereocenters. The lowest BCUT2D eigenvalue weighted by Gasteiger charge is -2.03. The van der Waals surface area contributed by atoms with Crippen LogP contribution in [0.4, 0.5) is 4.53 Å². The van der Waals surface area contributed by atoms with Crippen LogP contribution in [0.2, 0.25) is 0 Å². The summed E-state index contributed by atoms with van der Waals surface area (Å²) in [6.07, 6.45) is 0. The van der Waals surface area contributed by atoms with E-state index in [9.17, 15) is 12.9 Å². The molecule has 0 aliphatic rings. The molecule has 5 heteroatoms. The molecule has 0 aliphatic carbocycles. The summed E-state index contributed by atoms with van der Waals surface area (Å²) in [5.74, 6) is 0. The summed E-state index contributed by atoms with van der Waals surface area (Å²) in [5, 5.41) is 1.16. The average molecular weight is 226 g/mol. The molecule has 2 rings (SSSR count). The highest BCUT2D eigenvalue weighted by Crippen LogP contribution is 2.24. The molecule has 15 heavy (non-hydrogen) atoms. The van der Waals surface area contributed by atoms with Crippen molar-refractivity contribution in [2.24, 2.45) is 0 Å². The predicted octanol–water partition coefficient (Wildman–Crippen LogP) is 2.43. The first-order chi connectivity index (χ1) is 7.15. The molecular weight excluding hydrogens is 219 g/mol. The quantitative estimate of drug-likeness (QED) is 0.789. The SMILES string of the molecule is O=S(=O)(OF)c1cccc2ccccc12. The van der Waals surface area contributed by atoms with Crippen LogP contribution in [0.15, 0.2) is 47.4 Å². The Hall–Kier alpha value is -1.46. The first-order valence-corrected chi connectivity index (χ1v) is 5.59. The number of hydrogen-bond donors (Lipinski definition) is 0. The van der Waals surface area contributed by atoms with Crippen molar-refractivity contribution in [1.82, 2.24) is 0 Å². The zero-order valence-electron chi connectivity index (χ0n) is 7.55. The molecule has 0 saturated carbocycles. The van der Waals surface area contributed by atoms with Crippen molar-refractivity contribution in [1.29, 1.82) is 0 Å². The molecule has 0 N–H and O–H groups in total. The van der Waals surface area contributed by atoms with Gasteiger partial charge in [-0.3, -0.25) is 0 Å². The molecule has 0 amide bonds. The molecule has 0 bridgehead atoms. The number of hydrogen-bond acceptors (Lipinski definition) is 3. The van der Waals surface area contributed by atoms with Crippen LogP contribution in [-0.2, 0) is 14.5 Å². The van der Waals surface area contributed by atoms with Crippen molar-refractivity contribution < 1.29 is 17.3 Å². The van der Waals surface area contributed by atoms with Gasteiger partial charge in [-0.2, -0.15) is 8.42 Å². The van der Waals surface area contributed by atoms with E-state index in [0.29, 0.717) is 5.39 Å². The maximum absolute atomic E-state index is 11.9. The van der Waals surface area contributed by atoms with Crippen LogP contribution in [0.1, 0.15) is 0 Å². The van der Waals surface area contributed by atoms with E-state index in [-0.39, 0.29) is 4.90 Å². The van der Waals surface area contributed by atoms with Gasteiger partial charge in [-0.05, 0) is 16.0 Å². The van der Waals surface area contributed by atoms with Crippen LogP contribution in [0.5, 0.6) is 0 Å². The zero-order valence-corrected chi connectivity index (χ0v) is 8.37. The fourth-order valence-electron chi connectivity index (χ4n) is 1.45. The fourth-order valence-corrected chi connectivity index (χ4v) is 2.22. The molecule has 78 valence electrons. The molecule has 0 fully saturated rings. The molecule has 0 unspecified atom stereocenters. The molecule has 0 aromatic heterocycles. The molecule has 0 saturated heterocycles. The van der Waals surface area contributed by atoms with Gasteiger partial charge >= 0.3 is 10.1 Å². The van der Waals surface area contributed by atoms with Crippen LogP contribution in [0, 0.1) is 0 Å². The van der Waals surface area contributed by atoms with Crippen molar-refractivity contribution in [2.45, 2.75) is 4.90 Å². The number of benzene rings is 2. The third-order valence-electron chi connectivity index (χ3n) is 2.10. The van der Waals surface area contributed by atoms with Gasteiger partial charge in [0.1, 0.15) is 4.90 Å². The van der Waals surface area contributed by atoms with Crippen molar-refractivity contribution in [3.8, 4) is 0 Å². The minimum Gasteiger partial charge on any atom is -0.191 e. The van der Waals surface area contributed by atoms with E-state index < -0.39 is 10.1 Å². The second-order valence-corrected chi connectivity index (χ2v) is 4.47. The van der Waals surface area contributed by atoms with E-state index in [0.717, 1.165) is 5.39 Å². The summed E-state index contributed by atoms with van der Waals surface area (Å²) in [4.78, 5) is -0.164. The van der Waals surface area contributed by atoms with Crippen molar-refractivity contribution >= 4 is 20.9 Å². The summed E-state index contributed by atoms with van der Waals surface area (Å²) in [7, 11) is -4.29. The molecule has 0 spiro atoms. The Balaban J connectivity index is 2.83. The van der Waals surface area contributed by atoms with Gasteiger partial charge in [-0.1, -0.05) is 40.8 Å². The number of halogens is 1. The van der Waals surface area contributed by atoms with Gasteiger partial charge in [0.25, 0.3) is 0 Å². The van der Waals surface area contributed by atoms with Crippen molar-refractivity contribution in [3.63, 3.8) is 0 Å². The van der Waals surface area contributed by atoms with Gasteiger partial charge in [0, 0.05) is 5.39 Å². The molecule has 0 aliphatic heterocycles. The normalized spacial score (nSPS) is 11.8. The Labute approximate surface area is 86.1 Å². The van der Waals surface area contributed by atoms with Crippen LogP contribution in [-0.4, -0.2) is 8.42 Å². The van der Waals surface area contributed by atoms with Crippen LogP contribution in [0.3, 0.4) is 0 Å². The van der Waals surface area contributed by atoms with E-state index in [1.807, 2.05) is 0 Å². The third-order valence-corrected chi connectivity index (χ3v) is 3.16. The molecule has 0 heterocycles. The van der Waals surface area contributed by atoms with E-state index in [4.69, 9.17) is 0 Å². The summed E-state index contributed by atoms with van der Waals surface area (Å²) < 4.78 is 37.3. The predicted molar refractivity (Wildman–Crippen MR) is 53.3 cm³/mol. The Morgan fingerprint density at radius 3 is 2.40 bits per heavy atom. The largest absolute Gasteiger partial charge is 0.327 e. The van der Waals surface area contributed by atoms with Gasteiger partial charge in [0.05, 0.1) is 0 Å². The van der Waals surface area contributed by atoms with Gasteiger partial charge in [-0.25, -0.2) is 0 Å². The lowest BCUT2D eigenvalue weighted by atomic mass is 10.1. The minimum absolute atomic E-state index is 0.164. The second-order valence-electron chi connectivity index (χ2n) is 2.99. The summed E-state index contributed by atoms with van der Waals surface area (Å²) in [5.41, 5.74) is 0. The van der Waals surface area contributed by atoms with E-state index in [1.165, 1.54) is 12.1 Å². The highest BCUT2D eigenvalue weighted by molar-refractivity contribution is 7.86. The first-order valence-electron chi connectivity index (χ1n) is 4.18. The van der Waals surface area contributed by atoms with Crippen molar-refractivity contribution in [2.75, 3.05) is 0 Å². The molecule has 2 aromatic rings. The van der Waals surface area contributed by atoms with Gasteiger partial charge in [0.2, 0.25) is 0 Å². The monoisotopic (exact) mass is 226 g/mol. The van der Waals surface area contributed by atoms with E-state index in [2.05, 4.69) is 4.39 Å². The Morgan fingerprint density at radius 1 is 1.00 bits per heavy atom. The van der Waals surface area contributed by atoms with E-state index in [1.54, 1.807) is 30.3 Å². The molecule has 2 aromatic carbocycles. The topological polar surface area (TPSA) is 43.4 Å². The first kappa shape index (κ1) is 10.1. The van der Waals surface area contributed by atoms with E-state index >= 15 is 0 Å². The number of fused-ring (bicyclic) bond motifs is 1. The molecule has 0 radical (unpaired) electrons. The van der Waals surface area contributed by atoms with Crippen LogP contribution < -0.4 is 0 Å². The lowest BCUT2D eigenvalue weighted by Crippen LogP contribution is -2.00. The van der Waals surface area contributed by atoms with Crippen molar-refractivity contribution in [3.05, 3.63) is 42.5 Å². The Kier molecular flexibility index (Phi) is 2.42. The molecule has 3 nitrogen and oxygen atoms in total. The Bertz CT molecular complexity index is 587.